The molecular weight excluding hydrogens is 519 g/mol. The first-order valence-electron chi connectivity index (χ1n) is 8.28. The first kappa shape index (κ1) is 33.4. The number of hydrogen-bond donors (Lipinski definition) is 0. The maximum absolute atomic E-state index is 11.2. The molecule has 0 aliphatic rings. The minimum atomic E-state index is -4.19. The van der Waals surface area contributed by atoms with E-state index in [1.807, 2.05) is 0 Å². The Morgan fingerprint density at radius 2 is 0.593 bits per heavy atom. The van der Waals surface area contributed by atoms with Crippen molar-refractivity contribution in [2.75, 3.05) is 0 Å². The third-order valence-corrected chi connectivity index (χ3v) is 4.63. The van der Waals surface area contributed by atoms with Gasteiger partial charge in [-0.3, -0.25) is 9.13 Å². The first-order chi connectivity index (χ1) is 10.8. The summed E-state index contributed by atoms with van der Waals surface area (Å²) in [6.07, 6.45) is 0. The standard InChI is InChI=1S/2C8H19O4P.Ba/c2*1-7(2,3)11-13(9,10)12-8(4,5)6;/h2*1-6H3,(H,9,10);/q;;+2/p-2. The molecule has 0 radical (unpaired) electrons. The molecule has 0 aromatic carbocycles. The van der Waals surface area contributed by atoms with Gasteiger partial charge in [-0.1, -0.05) is 0 Å². The molecule has 0 rings (SSSR count). The molecule has 0 saturated carbocycles. The molecule has 11 heteroatoms. The SMILES string of the molecule is CC(C)(C)OP(=O)([O-])OC(C)(C)C.CC(C)(C)OP(=O)([O-])OC(C)(C)C.[Ba+2]. The molecule has 0 aliphatic carbocycles. The summed E-state index contributed by atoms with van der Waals surface area (Å²) in [7, 11) is -8.37. The molecule has 0 amide bonds. The van der Waals surface area contributed by atoms with Crippen LogP contribution >= 0.6 is 15.6 Å². The second kappa shape index (κ2) is 11.4. The maximum Gasteiger partial charge on any atom is 2.00 e. The summed E-state index contributed by atoms with van der Waals surface area (Å²) in [5.41, 5.74) is -2.99. The second-order valence-corrected chi connectivity index (χ2v) is 12.2. The van der Waals surface area contributed by atoms with Crippen molar-refractivity contribution >= 4 is 64.5 Å². The molecule has 0 atom stereocenters. The van der Waals surface area contributed by atoms with Crippen molar-refractivity contribution in [2.45, 2.75) is 105 Å². The van der Waals surface area contributed by atoms with Crippen LogP contribution in [-0.4, -0.2) is 71.3 Å². The number of phosphoric acid groups is 2. The van der Waals surface area contributed by atoms with E-state index in [0.717, 1.165) is 0 Å². The molecule has 0 bridgehead atoms. The Morgan fingerprint density at radius 3 is 0.667 bits per heavy atom. The third kappa shape index (κ3) is 27.8. The van der Waals surface area contributed by atoms with E-state index in [-0.39, 0.29) is 48.9 Å². The van der Waals surface area contributed by atoms with Crippen molar-refractivity contribution in [2.24, 2.45) is 0 Å². The average molecular weight is 556 g/mol. The summed E-state index contributed by atoms with van der Waals surface area (Å²) in [6.45, 7) is 19.9. The number of rotatable bonds is 4. The van der Waals surface area contributed by atoms with Crippen molar-refractivity contribution in [3.05, 3.63) is 0 Å². The zero-order valence-electron chi connectivity index (χ0n) is 18.9. The summed E-state index contributed by atoms with van der Waals surface area (Å²) in [5.74, 6) is 0. The quantitative estimate of drug-likeness (QED) is 0.380. The molecule has 0 heterocycles. The van der Waals surface area contributed by atoms with E-state index in [2.05, 4.69) is 0 Å². The largest absolute Gasteiger partial charge is 2.00 e. The fourth-order valence-corrected chi connectivity index (χ4v) is 4.14. The van der Waals surface area contributed by atoms with Gasteiger partial charge >= 0.3 is 48.9 Å². The van der Waals surface area contributed by atoms with Crippen LogP contribution in [0.15, 0.2) is 0 Å². The molecule has 0 aromatic heterocycles. The first-order valence-corrected chi connectivity index (χ1v) is 11.2. The normalized spacial score (nSPS) is 14.1. The average Bonchev–Trinajstić information content (AvgIpc) is 1.97. The second-order valence-electron chi connectivity index (χ2n) is 9.71. The summed E-state index contributed by atoms with van der Waals surface area (Å²) in [5, 5.41) is 0. The van der Waals surface area contributed by atoms with Crippen LogP contribution < -0.4 is 9.79 Å². The van der Waals surface area contributed by atoms with Gasteiger partial charge in [-0.05, 0) is 83.1 Å². The van der Waals surface area contributed by atoms with Crippen LogP contribution in [0.5, 0.6) is 0 Å². The van der Waals surface area contributed by atoms with Crippen LogP contribution in [0.4, 0.5) is 0 Å². The van der Waals surface area contributed by atoms with Gasteiger partial charge in [0.25, 0.3) is 15.6 Å². The molecule has 0 aliphatic heterocycles. The van der Waals surface area contributed by atoms with E-state index < -0.39 is 38.0 Å². The zero-order chi connectivity index (χ0) is 21.8. The van der Waals surface area contributed by atoms with E-state index in [1.165, 1.54) is 0 Å². The van der Waals surface area contributed by atoms with Gasteiger partial charge in [0, 0.05) is 0 Å². The van der Waals surface area contributed by atoms with Gasteiger partial charge in [0.2, 0.25) is 0 Å². The van der Waals surface area contributed by atoms with Crippen molar-refractivity contribution in [1.29, 1.82) is 0 Å². The maximum atomic E-state index is 11.2. The molecule has 27 heavy (non-hydrogen) atoms. The molecule has 0 unspecified atom stereocenters. The minimum Gasteiger partial charge on any atom is -0.756 e. The Hall–Kier alpha value is 1.79. The Bertz CT molecular complexity index is 436. The van der Waals surface area contributed by atoms with Gasteiger partial charge < -0.3 is 27.9 Å². The monoisotopic (exact) mass is 556 g/mol. The van der Waals surface area contributed by atoms with Crippen molar-refractivity contribution in [3.8, 4) is 0 Å². The van der Waals surface area contributed by atoms with Crippen LogP contribution in [0.1, 0.15) is 83.1 Å². The topological polar surface area (TPSA) is 117 Å². The molecule has 0 fully saturated rings. The van der Waals surface area contributed by atoms with E-state index >= 15 is 0 Å². The molecule has 0 N–H and O–H groups in total. The smallest absolute Gasteiger partial charge is 0.756 e. The van der Waals surface area contributed by atoms with Gasteiger partial charge in [0.15, 0.2) is 0 Å². The van der Waals surface area contributed by atoms with Gasteiger partial charge in [0.05, 0.1) is 22.4 Å². The van der Waals surface area contributed by atoms with Crippen LogP contribution in [0.2, 0.25) is 0 Å². The number of phosphoric ester groups is 2. The summed E-state index contributed by atoms with van der Waals surface area (Å²) >= 11 is 0. The van der Waals surface area contributed by atoms with E-state index in [4.69, 9.17) is 18.1 Å². The van der Waals surface area contributed by atoms with Gasteiger partial charge in [-0.15, -0.1) is 0 Å². The fourth-order valence-electron chi connectivity index (χ4n) is 1.38. The van der Waals surface area contributed by atoms with Gasteiger partial charge in [-0.25, -0.2) is 0 Å². The van der Waals surface area contributed by atoms with Gasteiger partial charge in [-0.2, -0.15) is 0 Å². The molecule has 0 aromatic rings. The Balaban J connectivity index is -0.000000411. The van der Waals surface area contributed by atoms with Crippen LogP contribution in [0, 0.1) is 0 Å². The number of hydrogen-bond acceptors (Lipinski definition) is 8. The zero-order valence-corrected chi connectivity index (χ0v) is 25.1. The van der Waals surface area contributed by atoms with E-state index in [9.17, 15) is 18.9 Å². The van der Waals surface area contributed by atoms with E-state index in [0.29, 0.717) is 0 Å². The molecule has 0 spiro atoms. The molecule has 8 nitrogen and oxygen atoms in total. The molecule has 160 valence electrons. The van der Waals surface area contributed by atoms with Crippen molar-refractivity contribution in [3.63, 3.8) is 0 Å². The predicted octanol–water partition coefficient (Wildman–Crippen LogP) is 3.79. The minimum absolute atomic E-state index is 0. The predicted molar refractivity (Wildman–Crippen MR) is 104 cm³/mol. The third-order valence-electron chi connectivity index (χ3n) is 1.54. The van der Waals surface area contributed by atoms with Crippen molar-refractivity contribution < 1.29 is 37.0 Å². The van der Waals surface area contributed by atoms with Crippen LogP contribution in [0.3, 0.4) is 0 Å². The Labute approximate surface area is 205 Å². The van der Waals surface area contributed by atoms with Crippen LogP contribution in [0.25, 0.3) is 0 Å². The Kier molecular flexibility index (Phi) is 14.1. The molecule has 0 saturated heterocycles. The van der Waals surface area contributed by atoms with Crippen LogP contribution in [-0.2, 0) is 27.2 Å². The van der Waals surface area contributed by atoms with E-state index in [1.54, 1.807) is 83.1 Å². The summed E-state index contributed by atoms with van der Waals surface area (Å²) in [6, 6.07) is 0. The summed E-state index contributed by atoms with van der Waals surface area (Å²) in [4.78, 5) is 22.5. The molecular formula is C16H36BaO8P2. The van der Waals surface area contributed by atoms with Gasteiger partial charge in [0.1, 0.15) is 0 Å². The van der Waals surface area contributed by atoms with Crippen molar-refractivity contribution in [1.82, 2.24) is 0 Å². The Morgan fingerprint density at radius 1 is 0.481 bits per heavy atom. The summed E-state index contributed by atoms with van der Waals surface area (Å²) < 4.78 is 41.6. The fraction of sp³-hybridized carbons (Fsp3) is 1.00.